The Labute approximate surface area is 136 Å². The van der Waals surface area contributed by atoms with E-state index < -0.39 is 11.9 Å². The molecule has 5 heteroatoms. The first-order valence-corrected chi connectivity index (χ1v) is 7.93. The van der Waals surface area contributed by atoms with E-state index >= 15 is 0 Å². The van der Waals surface area contributed by atoms with Gasteiger partial charge < -0.3 is 15.4 Å². The molecule has 0 aliphatic heterocycles. The van der Waals surface area contributed by atoms with Crippen molar-refractivity contribution in [1.82, 2.24) is 10.3 Å². The van der Waals surface area contributed by atoms with Gasteiger partial charge in [-0.3, -0.25) is 9.59 Å². The predicted octanol–water partition coefficient (Wildman–Crippen LogP) is 2.88. The minimum Gasteiger partial charge on any atom is -0.481 e. The SMILES string of the molecule is Cc1cccc2c(CC(=O)NCC(CC(C)C)C(=O)O)c[nH]c12. The average molecular weight is 316 g/mol. The lowest BCUT2D eigenvalue weighted by atomic mass is 9.97. The molecule has 3 N–H and O–H groups in total. The molecule has 0 saturated heterocycles. The molecule has 0 aliphatic carbocycles. The lowest BCUT2D eigenvalue weighted by molar-refractivity contribution is -0.142. The summed E-state index contributed by atoms with van der Waals surface area (Å²) in [6.45, 7) is 6.15. The zero-order valence-corrected chi connectivity index (χ0v) is 13.8. The van der Waals surface area contributed by atoms with Crippen LogP contribution < -0.4 is 5.32 Å². The number of aromatic amines is 1. The van der Waals surface area contributed by atoms with Crippen LogP contribution in [-0.4, -0.2) is 28.5 Å². The van der Waals surface area contributed by atoms with Crippen molar-refractivity contribution in [2.24, 2.45) is 11.8 Å². The fourth-order valence-corrected chi connectivity index (χ4v) is 2.82. The number of carbonyl (C=O) groups excluding carboxylic acids is 1. The largest absolute Gasteiger partial charge is 0.481 e. The van der Waals surface area contributed by atoms with Gasteiger partial charge in [0.15, 0.2) is 0 Å². The number of benzene rings is 1. The van der Waals surface area contributed by atoms with E-state index in [1.54, 1.807) is 0 Å². The van der Waals surface area contributed by atoms with Gasteiger partial charge in [0, 0.05) is 23.6 Å². The number of carboxylic acids is 1. The number of amides is 1. The van der Waals surface area contributed by atoms with Gasteiger partial charge in [0.05, 0.1) is 12.3 Å². The van der Waals surface area contributed by atoms with Crippen LogP contribution in [-0.2, 0) is 16.0 Å². The minimum absolute atomic E-state index is 0.151. The van der Waals surface area contributed by atoms with Crippen molar-refractivity contribution in [2.45, 2.75) is 33.6 Å². The maximum atomic E-state index is 12.1. The summed E-state index contributed by atoms with van der Waals surface area (Å²) < 4.78 is 0. The number of aryl methyl sites for hydroxylation is 1. The van der Waals surface area contributed by atoms with Gasteiger partial charge in [-0.15, -0.1) is 0 Å². The summed E-state index contributed by atoms with van der Waals surface area (Å²) in [5.74, 6) is -1.27. The van der Waals surface area contributed by atoms with Crippen LogP contribution >= 0.6 is 0 Å². The molecule has 2 aromatic rings. The first kappa shape index (κ1) is 17.1. The molecule has 0 aliphatic rings. The topological polar surface area (TPSA) is 82.2 Å². The number of carbonyl (C=O) groups is 2. The van der Waals surface area contributed by atoms with Gasteiger partial charge in [0.25, 0.3) is 0 Å². The Balaban J connectivity index is 1.98. The van der Waals surface area contributed by atoms with E-state index in [1.165, 1.54) is 0 Å². The van der Waals surface area contributed by atoms with Crippen molar-refractivity contribution in [1.29, 1.82) is 0 Å². The molecule has 1 heterocycles. The van der Waals surface area contributed by atoms with Crippen molar-refractivity contribution >= 4 is 22.8 Å². The highest BCUT2D eigenvalue weighted by Gasteiger charge is 2.20. The standard InChI is InChI=1S/C18H24N2O3/c1-11(2)7-14(18(22)23)10-19-16(21)8-13-9-20-17-12(3)5-4-6-15(13)17/h4-6,9,11,14,20H,7-8,10H2,1-3H3,(H,19,21)(H,22,23). The zero-order chi connectivity index (χ0) is 17.0. The lowest BCUT2D eigenvalue weighted by Gasteiger charge is -2.15. The fraction of sp³-hybridized carbons (Fsp3) is 0.444. The summed E-state index contributed by atoms with van der Waals surface area (Å²) in [5, 5.41) is 13.0. The summed E-state index contributed by atoms with van der Waals surface area (Å²) in [7, 11) is 0. The average Bonchev–Trinajstić information content (AvgIpc) is 2.87. The maximum absolute atomic E-state index is 12.1. The van der Waals surface area contributed by atoms with Crippen molar-refractivity contribution in [3.63, 3.8) is 0 Å². The Hall–Kier alpha value is -2.30. The first-order valence-electron chi connectivity index (χ1n) is 7.93. The second-order valence-electron chi connectivity index (χ2n) is 6.46. The van der Waals surface area contributed by atoms with Crippen LogP contribution in [0.2, 0.25) is 0 Å². The van der Waals surface area contributed by atoms with E-state index in [9.17, 15) is 14.7 Å². The molecule has 0 bridgehead atoms. The number of rotatable bonds is 7. The molecule has 1 aromatic heterocycles. The van der Waals surface area contributed by atoms with E-state index in [2.05, 4.69) is 10.3 Å². The van der Waals surface area contributed by atoms with Gasteiger partial charge in [-0.25, -0.2) is 0 Å². The molecule has 0 radical (unpaired) electrons. The van der Waals surface area contributed by atoms with Crippen LogP contribution in [0.4, 0.5) is 0 Å². The summed E-state index contributed by atoms with van der Waals surface area (Å²) in [5.41, 5.74) is 3.10. The van der Waals surface area contributed by atoms with Crippen molar-refractivity contribution in [3.8, 4) is 0 Å². The predicted molar refractivity (Wildman–Crippen MR) is 90.3 cm³/mol. The van der Waals surface area contributed by atoms with Gasteiger partial charge in [0.2, 0.25) is 5.91 Å². The zero-order valence-electron chi connectivity index (χ0n) is 13.8. The Morgan fingerprint density at radius 2 is 2.04 bits per heavy atom. The summed E-state index contributed by atoms with van der Waals surface area (Å²) >= 11 is 0. The van der Waals surface area contributed by atoms with Crippen LogP contribution in [0.3, 0.4) is 0 Å². The second kappa shape index (κ2) is 7.31. The van der Waals surface area contributed by atoms with Crippen molar-refractivity contribution < 1.29 is 14.7 Å². The van der Waals surface area contributed by atoms with Gasteiger partial charge in [-0.1, -0.05) is 32.0 Å². The third kappa shape index (κ3) is 4.34. The number of nitrogens with one attached hydrogen (secondary N) is 2. The number of aromatic nitrogens is 1. The van der Waals surface area contributed by atoms with E-state index in [0.29, 0.717) is 6.42 Å². The molecule has 0 spiro atoms. The molecule has 23 heavy (non-hydrogen) atoms. The molecule has 0 saturated carbocycles. The molecule has 0 fully saturated rings. The maximum Gasteiger partial charge on any atom is 0.308 e. The highest BCUT2D eigenvalue weighted by atomic mass is 16.4. The number of para-hydroxylation sites is 1. The second-order valence-corrected chi connectivity index (χ2v) is 6.46. The number of aliphatic carboxylic acids is 1. The van der Waals surface area contributed by atoms with Crippen molar-refractivity contribution in [2.75, 3.05) is 6.54 Å². The first-order chi connectivity index (χ1) is 10.9. The molecule has 5 nitrogen and oxygen atoms in total. The van der Waals surface area contributed by atoms with E-state index in [0.717, 1.165) is 22.0 Å². The van der Waals surface area contributed by atoms with Gasteiger partial charge in [0.1, 0.15) is 0 Å². The van der Waals surface area contributed by atoms with Gasteiger partial charge in [-0.2, -0.15) is 0 Å². The van der Waals surface area contributed by atoms with Crippen LogP contribution in [0.15, 0.2) is 24.4 Å². The summed E-state index contributed by atoms with van der Waals surface area (Å²) in [4.78, 5) is 26.6. The highest BCUT2D eigenvalue weighted by Crippen LogP contribution is 2.21. The van der Waals surface area contributed by atoms with Crippen LogP contribution in [0.25, 0.3) is 10.9 Å². The molecule has 1 amide bonds. The fourth-order valence-electron chi connectivity index (χ4n) is 2.82. The monoisotopic (exact) mass is 316 g/mol. The molecule has 1 atom stereocenters. The molecule has 1 unspecified atom stereocenters. The summed E-state index contributed by atoms with van der Waals surface area (Å²) in [6, 6.07) is 5.97. The van der Waals surface area contributed by atoms with E-state index in [-0.39, 0.29) is 24.8 Å². The number of fused-ring (bicyclic) bond motifs is 1. The molecule has 1 aromatic carbocycles. The van der Waals surface area contributed by atoms with Gasteiger partial charge in [-0.05, 0) is 30.4 Å². The molecular weight excluding hydrogens is 292 g/mol. The molecule has 124 valence electrons. The lowest BCUT2D eigenvalue weighted by Crippen LogP contribution is -2.34. The number of carboxylic acid groups (broad SMARTS) is 1. The van der Waals surface area contributed by atoms with Crippen LogP contribution in [0.1, 0.15) is 31.4 Å². The third-order valence-electron chi connectivity index (χ3n) is 4.01. The Kier molecular flexibility index (Phi) is 5.42. The number of hydrogen-bond donors (Lipinski definition) is 3. The normalized spacial score (nSPS) is 12.5. The Bertz CT molecular complexity index is 703. The smallest absolute Gasteiger partial charge is 0.308 e. The van der Waals surface area contributed by atoms with Crippen LogP contribution in [0.5, 0.6) is 0 Å². The number of H-pyrrole nitrogens is 1. The van der Waals surface area contributed by atoms with E-state index in [1.807, 2.05) is 45.2 Å². The molecule has 2 rings (SSSR count). The number of hydrogen-bond acceptors (Lipinski definition) is 2. The Morgan fingerprint density at radius 3 is 2.70 bits per heavy atom. The quantitative estimate of drug-likeness (QED) is 0.734. The Morgan fingerprint density at radius 1 is 1.30 bits per heavy atom. The summed E-state index contributed by atoms with van der Waals surface area (Å²) in [6.07, 6.45) is 2.65. The van der Waals surface area contributed by atoms with Crippen molar-refractivity contribution in [3.05, 3.63) is 35.5 Å². The highest BCUT2D eigenvalue weighted by molar-refractivity contribution is 5.90. The van der Waals surface area contributed by atoms with Crippen LogP contribution in [0, 0.1) is 18.8 Å². The van der Waals surface area contributed by atoms with E-state index in [4.69, 9.17) is 0 Å². The minimum atomic E-state index is -0.860. The van der Waals surface area contributed by atoms with Gasteiger partial charge >= 0.3 is 5.97 Å². The molecular formula is C18H24N2O3. The third-order valence-corrected chi connectivity index (χ3v) is 4.01.